The summed E-state index contributed by atoms with van der Waals surface area (Å²) in [4.78, 5) is 20.2. The standard InChI is InChI=1S/C11H9NO5/c1-17-10-7-9(12(15)16)6-5-8(10)3-2-4-11(13)14/h5-7H,4H2,1H3,(H,13,14). The van der Waals surface area contributed by atoms with Crippen LogP contribution in [-0.2, 0) is 4.79 Å². The van der Waals surface area contributed by atoms with Gasteiger partial charge in [0.25, 0.3) is 5.69 Å². The van der Waals surface area contributed by atoms with Crippen LogP contribution in [0.4, 0.5) is 5.69 Å². The number of nitrogens with zero attached hydrogens (tertiary/aromatic N) is 1. The first-order chi connectivity index (χ1) is 8.04. The average molecular weight is 235 g/mol. The molecule has 0 fully saturated rings. The van der Waals surface area contributed by atoms with Crippen LogP contribution in [0.2, 0.25) is 0 Å². The van der Waals surface area contributed by atoms with Crippen LogP contribution in [0.15, 0.2) is 18.2 Å². The van der Waals surface area contributed by atoms with Crippen LogP contribution in [0.25, 0.3) is 0 Å². The van der Waals surface area contributed by atoms with E-state index in [1.165, 1.54) is 25.3 Å². The highest BCUT2D eigenvalue weighted by Gasteiger charge is 2.09. The molecule has 1 N–H and O–H groups in total. The summed E-state index contributed by atoms with van der Waals surface area (Å²) in [5, 5.41) is 18.9. The maximum absolute atomic E-state index is 10.5. The molecule has 0 aliphatic carbocycles. The molecule has 0 saturated carbocycles. The van der Waals surface area contributed by atoms with E-state index in [0.29, 0.717) is 5.56 Å². The van der Waals surface area contributed by atoms with Gasteiger partial charge >= 0.3 is 5.97 Å². The number of nitro groups is 1. The van der Waals surface area contributed by atoms with Gasteiger partial charge in [-0.2, -0.15) is 0 Å². The van der Waals surface area contributed by atoms with Gasteiger partial charge in [0.05, 0.1) is 23.7 Å². The molecule has 0 heterocycles. The van der Waals surface area contributed by atoms with Crippen LogP contribution in [0.3, 0.4) is 0 Å². The van der Waals surface area contributed by atoms with Crippen LogP contribution in [-0.4, -0.2) is 23.1 Å². The van der Waals surface area contributed by atoms with Crippen LogP contribution in [0, 0.1) is 22.0 Å². The second-order valence-corrected chi connectivity index (χ2v) is 3.01. The number of carboxylic acid groups (broad SMARTS) is 1. The van der Waals surface area contributed by atoms with Crippen LogP contribution >= 0.6 is 0 Å². The lowest BCUT2D eigenvalue weighted by atomic mass is 10.2. The normalized spacial score (nSPS) is 9.00. The Hall–Kier alpha value is -2.55. The maximum atomic E-state index is 10.5. The molecule has 0 unspecified atom stereocenters. The highest BCUT2D eigenvalue weighted by atomic mass is 16.6. The molecule has 1 aromatic carbocycles. The molecular formula is C11H9NO5. The smallest absolute Gasteiger partial charge is 0.315 e. The third kappa shape index (κ3) is 3.50. The molecule has 0 amide bonds. The first-order valence-electron chi connectivity index (χ1n) is 4.57. The Balaban J connectivity index is 3.03. The van der Waals surface area contributed by atoms with Gasteiger partial charge in [-0.25, -0.2) is 0 Å². The summed E-state index contributed by atoms with van der Waals surface area (Å²) in [5.74, 6) is 4.23. The topological polar surface area (TPSA) is 89.7 Å². The average Bonchev–Trinajstić information content (AvgIpc) is 2.28. The number of hydrogen-bond acceptors (Lipinski definition) is 4. The highest BCUT2D eigenvalue weighted by molar-refractivity contribution is 5.70. The highest BCUT2D eigenvalue weighted by Crippen LogP contribution is 2.23. The predicted molar refractivity (Wildman–Crippen MR) is 58.8 cm³/mol. The van der Waals surface area contributed by atoms with Crippen LogP contribution < -0.4 is 4.74 Å². The number of aliphatic carboxylic acids is 1. The van der Waals surface area contributed by atoms with E-state index in [9.17, 15) is 14.9 Å². The minimum absolute atomic E-state index is 0.106. The number of nitro benzene ring substituents is 1. The van der Waals surface area contributed by atoms with E-state index in [4.69, 9.17) is 9.84 Å². The molecule has 1 rings (SSSR count). The van der Waals surface area contributed by atoms with Gasteiger partial charge < -0.3 is 9.84 Å². The Morgan fingerprint density at radius 2 is 2.29 bits per heavy atom. The second-order valence-electron chi connectivity index (χ2n) is 3.01. The molecule has 1 aromatic rings. The van der Waals surface area contributed by atoms with Crippen molar-refractivity contribution in [2.24, 2.45) is 0 Å². The summed E-state index contributed by atoms with van der Waals surface area (Å²) in [5.41, 5.74) is 0.310. The number of non-ortho nitro benzene ring substituents is 1. The van der Waals surface area contributed by atoms with Crippen molar-refractivity contribution in [3.63, 3.8) is 0 Å². The monoisotopic (exact) mass is 235 g/mol. The van der Waals surface area contributed by atoms with Gasteiger partial charge in [-0.3, -0.25) is 14.9 Å². The number of carboxylic acids is 1. The fourth-order valence-corrected chi connectivity index (χ4v) is 1.11. The molecule has 0 aliphatic heterocycles. The van der Waals surface area contributed by atoms with E-state index < -0.39 is 10.9 Å². The minimum Gasteiger partial charge on any atom is -0.495 e. The van der Waals surface area contributed by atoms with Gasteiger partial charge in [0.2, 0.25) is 0 Å². The lowest BCUT2D eigenvalue weighted by Gasteiger charge is -2.02. The second kappa shape index (κ2) is 5.51. The molecule has 0 radical (unpaired) electrons. The van der Waals surface area contributed by atoms with Gasteiger partial charge in [0.1, 0.15) is 12.2 Å². The van der Waals surface area contributed by atoms with E-state index in [-0.39, 0.29) is 17.9 Å². The number of methoxy groups -OCH3 is 1. The zero-order chi connectivity index (χ0) is 12.8. The Morgan fingerprint density at radius 3 is 2.82 bits per heavy atom. The van der Waals surface area contributed by atoms with E-state index >= 15 is 0 Å². The zero-order valence-corrected chi connectivity index (χ0v) is 8.97. The molecule has 0 bridgehead atoms. The van der Waals surface area contributed by atoms with Gasteiger partial charge in [0, 0.05) is 6.07 Å². The molecule has 88 valence electrons. The van der Waals surface area contributed by atoms with E-state index in [1.807, 2.05) is 0 Å². The molecule has 0 aliphatic rings. The molecular weight excluding hydrogens is 226 g/mol. The quantitative estimate of drug-likeness (QED) is 0.486. The third-order valence-electron chi connectivity index (χ3n) is 1.86. The van der Waals surface area contributed by atoms with Crippen molar-refractivity contribution >= 4 is 11.7 Å². The molecule has 0 saturated heterocycles. The van der Waals surface area contributed by atoms with Crippen LogP contribution in [0.1, 0.15) is 12.0 Å². The maximum Gasteiger partial charge on any atom is 0.315 e. The first kappa shape index (κ1) is 12.5. The van der Waals surface area contributed by atoms with Crippen molar-refractivity contribution in [1.29, 1.82) is 0 Å². The van der Waals surface area contributed by atoms with E-state index in [0.717, 1.165) is 0 Å². The minimum atomic E-state index is -1.03. The van der Waals surface area contributed by atoms with Crippen molar-refractivity contribution in [2.45, 2.75) is 6.42 Å². The van der Waals surface area contributed by atoms with Crippen molar-refractivity contribution in [2.75, 3.05) is 7.11 Å². The summed E-state index contributed by atoms with van der Waals surface area (Å²) in [7, 11) is 1.36. The molecule has 0 spiro atoms. The summed E-state index contributed by atoms with van der Waals surface area (Å²) < 4.78 is 4.94. The summed E-state index contributed by atoms with van der Waals surface area (Å²) >= 11 is 0. The van der Waals surface area contributed by atoms with Crippen molar-refractivity contribution < 1.29 is 19.6 Å². The van der Waals surface area contributed by atoms with Gasteiger partial charge in [-0.15, -0.1) is 0 Å². The largest absolute Gasteiger partial charge is 0.495 e. The molecule has 17 heavy (non-hydrogen) atoms. The predicted octanol–water partition coefficient (Wildman–Crippen LogP) is 1.43. The Kier molecular flexibility index (Phi) is 4.06. The summed E-state index contributed by atoms with van der Waals surface area (Å²) in [6, 6.07) is 3.95. The molecule has 6 heteroatoms. The van der Waals surface area contributed by atoms with Gasteiger partial charge in [-0.1, -0.05) is 11.8 Å². The lowest BCUT2D eigenvalue weighted by Crippen LogP contribution is -1.93. The third-order valence-corrected chi connectivity index (χ3v) is 1.86. The first-order valence-corrected chi connectivity index (χ1v) is 4.57. The number of ether oxygens (including phenoxy) is 1. The number of hydrogen-bond donors (Lipinski definition) is 1. The van der Waals surface area contributed by atoms with Crippen molar-refractivity contribution in [3.05, 3.63) is 33.9 Å². The molecule has 0 atom stereocenters. The zero-order valence-electron chi connectivity index (χ0n) is 8.97. The fraction of sp³-hybridized carbons (Fsp3) is 0.182. The Bertz CT molecular complexity index is 512. The van der Waals surface area contributed by atoms with Gasteiger partial charge in [-0.05, 0) is 6.07 Å². The number of benzene rings is 1. The van der Waals surface area contributed by atoms with Crippen molar-refractivity contribution in [3.8, 4) is 17.6 Å². The SMILES string of the molecule is COc1cc([N+](=O)[O-])ccc1C#CCC(=O)O. The molecule has 6 nitrogen and oxygen atoms in total. The lowest BCUT2D eigenvalue weighted by molar-refractivity contribution is -0.384. The fourth-order valence-electron chi connectivity index (χ4n) is 1.11. The summed E-state index contributed by atoms with van der Waals surface area (Å²) in [6.07, 6.45) is -0.292. The van der Waals surface area contributed by atoms with E-state index in [2.05, 4.69) is 11.8 Å². The van der Waals surface area contributed by atoms with Gasteiger partial charge in [0.15, 0.2) is 0 Å². The number of carbonyl (C=O) groups is 1. The Morgan fingerprint density at radius 1 is 1.59 bits per heavy atom. The Labute approximate surface area is 97.0 Å². The molecule has 0 aromatic heterocycles. The number of rotatable bonds is 3. The summed E-state index contributed by atoms with van der Waals surface area (Å²) in [6.45, 7) is 0. The van der Waals surface area contributed by atoms with Crippen molar-refractivity contribution in [1.82, 2.24) is 0 Å². The van der Waals surface area contributed by atoms with Crippen LogP contribution in [0.5, 0.6) is 5.75 Å². The van der Waals surface area contributed by atoms with E-state index in [1.54, 1.807) is 0 Å².